The van der Waals surface area contributed by atoms with Gasteiger partial charge in [-0.3, -0.25) is 4.68 Å². The Balaban J connectivity index is 0.000000376. The maximum absolute atomic E-state index is 6.04. The van der Waals surface area contributed by atoms with Crippen molar-refractivity contribution in [2.45, 2.75) is 19.4 Å². The largest absolute Gasteiger partial charge is 0.470 e. The molecule has 0 spiro atoms. The van der Waals surface area contributed by atoms with Crippen LogP contribution >= 0.6 is 0 Å². The zero-order valence-electron chi connectivity index (χ0n) is 19.2. The van der Waals surface area contributed by atoms with Crippen LogP contribution in [-0.4, -0.2) is 40.5 Å². The minimum atomic E-state index is 0.0757. The number of hydrogen-bond acceptors (Lipinski definition) is 5. The summed E-state index contributed by atoms with van der Waals surface area (Å²) in [6, 6.07) is 22.7. The zero-order chi connectivity index (χ0) is 22.9. The molecule has 2 aromatic carbocycles. The molecule has 1 aliphatic rings. The molecule has 0 fully saturated rings. The molecular formula is C27H31N5O. The molecule has 6 nitrogen and oxygen atoms in total. The van der Waals surface area contributed by atoms with Gasteiger partial charge in [0.05, 0.1) is 18.4 Å². The Morgan fingerprint density at radius 1 is 1.03 bits per heavy atom. The van der Waals surface area contributed by atoms with Crippen molar-refractivity contribution < 1.29 is 4.74 Å². The number of nitrogens with zero attached hydrogens (tertiary/aromatic N) is 3. The Labute approximate surface area is 195 Å². The van der Waals surface area contributed by atoms with Gasteiger partial charge in [0.1, 0.15) is 6.10 Å². The first-order chi connectivity index (χ1) is 16.2. The fourth-order valence-electron chi connectivity index (χ4n) is 3.69. The van der Waals surface area contributed by atoms with Gasteiger partial charge in [-0.1, -0.05) is 66.2 Å². The summed E-state index contributed by atoms with van der Waals surface area (Å²) < 4.78 is 7.83. The van der Waals surface area contributed by atoms with Gasteiger partial charge in [0.2, 0.25) is 5.88 Å². The molecule has 2 aromatic heterocycles. The summed E-state index contributed by atoms with van der Waals surface area (Å²) in [5.41, 5.74) is 5.69. The minimum absolute atomic E-state index is 0.0757. The maximum Gasteiger partial charge on any atom is 0.237 e. The van der Waals surface area contributed by atoms with Gasteiger partial charge >= 0.3 is 0 Å². The van der Waals surface area contributed by atoms with E-state index in [0.717, 1.165) is 42.9 Å². The van der Waals surface area contributed by atoms with Crippen LogP contribution in [0.2, 0.25) is 0 Å². The fourth-order valence-corrected chi connectivity index (χ4v) is 3.69. The lowest BCUT2D eigenvalue weighted by Crippen LogP contribution is -2.40. The van der Waals surface area contributed by atoms with E-state index in [2.05, 4.69) is 58.0 Å². The van der Waals surface area contributed by atoms with E-state index < -0.39 is 0 Å². The van der Waals surface area contributed by atoms with Crippen molar-refractivity contribution in [3.05, 3.63) is 96.4 Å². The van der Waals surface area contributed by atoms with Crippen LogP contribution in [0.4, 0.5) is 5.69 Å². The molecule has 5 rings (SSSR count). The van der Waals surface area contributed by atoms with E-state index in [1.807, 2.05) is 62.0 Å². The second-order valence-corrected chi connectivity index (χ2v) is 8.20. The number of hydrogen-bond donors (Lipinski definition) is 2. The average molecular weight is 442 g/mol. The van der Waals surface area contributed by atoms with Gasteiger partial charge in [-0.25, -0.2) is 4.98 Å². The van der Waals surface area contributed by atoms with Crippen LogP contribution in [0.25, 0.3) is 11.1 Å². The zero-order valence-corrected chi connectivity index (χ0v) is 19.2. The summed E-state index contributed by atoms with van der Waals surface area (Å²) in [6.45, 7) is 4.62. The van der Waals surface area contributed by atoms with Crippen LogP contribution in [0, 0.1) is 6.92 Å². The minimum Gasteiger partial charge on any atom is -0.470 e. The molecule has 0 amide bonds. The number of benzene rings is 2. The summed E-state index contributed by atoms with van der Waals surface area (Å²) in [5.74, 6) is 0.666. The quantitative estimate of drug-likeness (QED) is 0.432. The van der Waals surface area contributed by atoms with Crippen LogP contribution in [-0.2, 0) is 13.5 Å². The van der Waals surface area contributed by atoms with E-state index in [4.69, 9.17) is 4.74 Å². The van der Waals surface area contributed by atoms with E-state index in [1.165, 1.54) is 11.1 Å². The smallest absolute Gasteiger partial charge is 0.237 e. The number of anilines is 1. The van der Waals surface area contributed by atoms with Crippen LogP contribution in [0.3, 0.4) is 0 Å². The molecule has 33 heavy (non-hydrogen) atoms. The highest BCUT2D eigenvalue weighted by Gasteiger charge is 2.20. The van der Waals surface area contributed by atoms with Crippen LogP contribution in [0.1, 0.15) is 11.1 Å². The fraction of sp³-hybridized carbons (Fsp3) is 0.259. The number of aryl methyl sites for hydroxylation is 2. The number of pyridine rings is 1. The van der Waals surface area contributed by atoms with Gasteiger partial charge in [-0.15, -0.1) is 0 Å². The highest BCUT2D eigenvalue weighted by atomic mass is 16.5. The third kappa shape index (κ3) is 6.67. The average Bonchev–Trinajstić information content (AvgIpc) is 3.29. The second-order valence-electron chi connectivity index (χ2n) is 8.20. The molecule has 0 bridgehead atoms. The SMILES string of the molecule is Cc1cccc(CCNCC2CNc3cc(-c4cnn(C)c4)cnc3O2)c1.c1ccccc1. The lowest BCUT2D eigenvalue weighted by molar-refractivity contribution is 0.194. The Kier molecular flexibility index (Phi) is 7.72. The Morgan fingerprint density at radius 2 is 1.82 bits per heavy atom. The molecule has 4 aromatic rings. The van der Waals surface area contributed by atoms with Crippen molar-refractivity contribution >= 4 is 5.69 Å². The standard InChI is InChI=1S/C21H25N5O.C6H6/c1-15-4-3-5-16(8-15)6-7-22-12-19-13-23-20-9-17(10-24-21(20)27-19)18-11-25-26(2)14-18;1-2-4-6-5-3-1/h3-5,8-11,14,19,22-23H,6-7,12-13H2,1-2H3;1-6H. The van der Waals surface area contributed by atoms with E-state index in [-0.39, 0.29) is 6.10 Å². The van der Waals surface area contributed by atoms with E-state index in [0.29, 0.717) is 5.88 Å². The van der Waals surface area contributed by atoms with Crippen molar-refractivity contribution in [1.82, 2.24) is 20.1 Å². The van der Waals surface area contributed by atoms with E-state index in [1.54, 1.807) is 4.68 Å². The number of fused-ring (bicyclic) bond motifs is 1. The van der Waals surface area contributed by atoms with Crippen LogP contribution in [0.5, 0.6) is 5.88 Å². The third-order valence-electron chi connectivity index (χ3n) is 5.40. The monoisotopic (exact) mass is 441 g/mol. The summed E-state index contributed by atoms with van der Waals surface area (Å²) in [7, 11) is 1.91. The molecule has 1 atom stereocenters. The van der Waals surface area contributed by atoms with Crippen molar-refractivity contribution in [3.8, 4) is 17.0 Å². The number of nitrogens with one attached hydrogen (secondary N) is 2. The molecule has 170 valence electrons. The molecule has 0 radical (unpaired) electrons. The van der Waals surface area contributed by atoms with Gasteiger partial charge in [0.25, 0.3) is 0 Å². The number of rotatable bonds is 6. The Morgan fingerprint density at radius 3 is 2.52 bits per heavy atom. The lowest BCUT2D eigenvalue weighted by atomic mass is 10.1. The maximum atomic E-state index is 6.04. The summed E-state index contributed by atoms with van der Waals surface area (Å²) in [6.07, 6.45) is 6.75. The summed E-state index contributed by atoms with van der Waals surface area (Å²) in [5, 5.41) is 11.1. The molecule has 2 N–H and O–H groups in total. The molecule has 0 saturated heterocycles. The number of aromatic nitrogens is 3. The van der Waals surface area contributed by atoms with Crippen LogP contribution < -0.4 is 15.4 Å². The lowest BCUT2D eigenvalue weighted by Gasteiger charge is -2.27. The predicted octanol–water partition coefficient (Wildman–Crippen LogP) is 4.48. The van der Waals surface area contributed by atoms with Gasteiger partial charge in [-0.2, -0.15) is 5.10 Å². The Hall–Kier alpha value is -3.64. The van der Waals surface area contributed by atoms with Crippen molar-refractivity contribution in [2.75, 3.05) is 25.0 Å². The van der Waals surface area contributed by atoms with Crippen molar-refractivity contribution in [3.63, 3.8) is 0 Å². The topological polar surface area (TPSA) is 64.0 Å². The molecule has 1 aliphatic heterocycles. The predicted molar refractivity (Wildman–Crippen MR) is 134 cm³/mol. The van der Waals surface area contributed by atoms with Gasteiger partial charge in [0, 0.05) is 37.1 Å². The summed E-state index contributed by atoms with van der Waals surface area (Å²) in [4.78, 5) is 4.49. The molecule has 0 aliphatic carbocycles. The third-order valence-corrected chi connectivity index (χ3v) is 5.40. The first-order valence-electron chi connectivity index (χ1n) is 11.3. The molecule has 0 saturated carbocycles. The highest BCUT2D eigenvalue weighted by Crippen LogP contribution is 2.30. The molecule has 3 heterocycles. The van der Waals surface area contributed by atoms with Crippen molar-refractivity contribution in [1.29, 1.82) is 0 Å². The van der Waals surface area contributed by atoms with Gasteiger partial charge in [0.15, 0.2) is 0 Å². The van der Waals surface area contributed by atoms with E-state index in [9.17, 15) is 0 Å². The van der Waals surface area contributed by atoms with Gasteiger partial charge in [-0.05, 0) is 31.5 Å². The van der Waals surface area contributed by atoms with Crippen molar-refractivity contribution in [2.24, 2.45) is 7.05 Å². The molecule has 6 heteroatoms. The molecular weight excluding hydrogens is 410 g/mol. The normalized spacial score (nSPS) is 14.3. The van der Waals surface area contributed by atoms with Gasteiger partial charge < -0.3 is 15.4 Å². The molecule has 1 unspecified atom stereocenters. The number of ether oxygens (including phenoxy) is 1. The summed E-state index contributed by atoms with van der Waals surface area (Å²) >= 11 is 0. The highest BCUT2D eigenvalue weighted by molar-refractivity contribution is 5.69. The Bertz CT molecular complexity index is 1120. The van der Waals surface area contributed by atoms with E-state index >= 15 is 0 Å². The first kappa shape index (κ1) is 22.6. The van der Waals surface area contributed by atoms with Crippen LogP contribution in [0.15, 0.2) is 85.3 Å². The second kappa shape index (κ2) is 11.3. The first-order valence-corrected chi connectivity index (χ1v) is 11.3.